The van der Waals surface area contributed by atoms with Gasteiger partial charge in [0.25, 0.3) is 0 Å². The fourth-order valence-corrected chi connectivity index (χ4v) is 3.78. The van der Waals surface area contributed by atoms with Crippen LogP contribution in [-0.4, -0.2) is 0 Å². The van der Waals surface area contributed by atoms with Crippen LogP contribution >= 0.6 is 49.9 Å². The van der Waals surface area contributed by atoms with Crippen molar-refractivity contribution in [1.82, 2.24) is 0 Å². The van der Waals surface area contributed by atoms with Gasteiger partial charge in [0.05, 0.1) is 0 Å². The molecule has 4 heteroatoms. The number of hydrogen-bond acceptors (Lipinski definition) is 1. The molecule has 0 aliphatic rings. The molecule has 1 aromatic heterocycles. The zero-order chi connectivity index (χ0) is 9.42. The number of hydrogen-bond donors (Lipinski definition) is 0. The summed E-state index contributed by atoms with van der Waals surface area (Å²) in [5, 5.41) is 3.79. The zero-order valence-corrected chi connectivity index (χ0v) is 11.0. The molecule has 2 aromatic rings. The minimum atomic E-state index is -0.154. The highest BCUT2D eigenvalue weighted by atomic mass is 127. The molecule has 0 spiro atoms. The van der Waals surface area contributed by atoms with Crippen molar-refractivity contribution in [1.29, 1.82) is 0 Å². The third kappa shape index (κ3) is 1.76. The molecule has 0 amide bonds. The number of benzene rings is 1. The van der Waals surface area contributed by atoms with Crippen molar-refractivity contribution in [3.63, 3.8) is 0 Å². The van der Waals surface area contributed by atoms with E-state index in [1.165, 1.54) is 4.70 Å². The van der Waals surface area contributed by atoms with Crippen molar-refractivity contribution >= 4 is 59.9 Å². The second-order valence-corrected chi connectivity index (χ2v) is 5.26. The normalized spacial score (nSPS) is 11.0. The molecule has 0 unspecified atom stereocenters. The number of halogens is 3. The lowest BCUT2D eigenvalue weighted by molar-refractivity contribution is 0.628. The molecule has 0 nitrogen and oxygen atoms in total. The summed E-state index contributed by atoms with van der Waals surface area (Å²) in [6, 6.07) is 3.18. The Balaban J connectivity index is 2.84. The van der Waals surface area contributed by atoms with Crippen LogP contribution in [0.1, 0.15) is 5.56 Å². The Bertz CT molecular complexity index is 452. The van der Waals surface area contributed by atoms with Gasteiger partial charge in [-0.25, -0.2) is 4.39 Å². The Morgan fingerprint density at radius 1 is 1.46 bits per heavy atom. The number of rotatable bonds is 1. The topological polar surface area (TPSA) is 0 Å². The smallest absolute Gasteiger partial charge is 0.124 e. The Morgan fingerprint density at radius 2 is 2.23 bits per heavy atom. The third-order valence-electron chi connectivity index (χ3n) is 1.81. The van der Waals surface area contributed by atoms with E-state index in [2.05, 4.69) is 43.9 Å². The molecular formula is C9H5BrFIS. The number of alkyl halides is 1. The van der Waals surface area contributed by atoms with Gasteiger partial charge in [0.1, 0.15) is 5.82 Å². The Labute approximate surface area is 101 Å². The molecule has 0 aliphatic carbocycles. The van der Waals surface area contributed by atoms with Gasteiger partial charge in [-0.3, -0.25) is 0 Å². The Morgan fingerprint density at radius 3 is 2.92 bits per heavy atom. The molecule has 1 heterocycles. The van der Waals surface area contributed by atoms with E-state index in [9.17, 15) is 4.39 Å². The maximum atomic E-state index is 13.1. The minimum Gasteiger partial charge on any atom is -0.207 e. The molecule has 0 radical (unpaired) electrons. The maximum Gasteiger partial charge on any atom is 0.124 e. The lowest BCUT2D eigenvalue weighted by atomic mass is 10.2. The summed E-state index contributed by atoms with van der Waals surface area (Å²) >= 11 is 7.26. The van der Waals surface area contributed by atoms with Gasteiger partial charge in [-0.2, -0.15) is 0 Å². The van der Waals surface area contributed by atoms with Gasteiger partial charge in [0, 0.05) is 24.4 Å². The first-order valence-electron chi connectivity index (χ1n) is 3.63. The van der Waals surface area contributed by atoms with Crippen molar-refractivity contribution in [3.05, 3.63) is 32.5 Å². The summed E-state index contributed by atoms with van der Waals surface area (Å²) in [6.45, 7) is 0. The Hall–Kier alpha value is 0.320. The van der Waals surface area contributed by atoms with Crippen LogP contribution in [0.5, 0.6) is 0 Å². The first kappa shape index (κ1) is 9.86. The van der Waals surface area contributed by atoms with Crippen molar-refractivity contribution in [2.24, 2.45) is 0 Å². The third-order valence-corrected chi connectivity index (χ3v) is 4.80. The highest BCUT2D eigenvalue weighted by Crippen LogP contribution is 2.31. The molecular weight excluding hydrogens is 366 g/mol. The molecule has 1 aromatic carbocycles. The van der Waals surface area contributed by atoms with Crippen LogP contribution < -0.4 is 0 Å². The van der Waals surface area contributed by atoms with Crippen LogP contribution in [-0.2, 0) is 5.33 Å². The van der Waals surface area contributed by atoms with Gasteiger partial charge in [-0.1, -0.05) is 15.9 Å². The second-order valence-electron chi connectivity index (χ2n) is 2.66. The molecule has 0 fully saturated rings. The summed E-state index contributed by atoms with van der Waals surface area (Å²) < 4.78 is 15.4. The van der Waals surface area contributed by atoms with Gasteiger partial charge in [-0.05, 0) is 40.3 Å². The van der Waals surface area contributed by atoms with E-state index in [0.29, 0.717) is 5.33 Å². The highest BCUT2D eigenvalue weighted by Gasteiger charge is 2.07. The molecule has 0 N–H and O–H groups in total. The fraction of sp³-hybridized carbons (Fsp3) is 0.111. The number of fused-ring (bicyclic) bond motifs is 1. The lowest BCUT2D eigenvalue weighted by Crippen LogP contribution is -1.81. The summed E-state index contributed by atoms with van der Waals surface area (Å²) in [4.78, 5) is 0. The van der Waals surface area contributed by atoms with Crippen LogP contribution in [0.25, 0.3) is 10.1 Å². The lowest BCUT2D eigenvalue weighted by Gasteiger charge is -1.98. The summed E-state index contributed by atoms with van der Waals surface area (Å²) in [7, 11) is 0. The minimum absolute atomic E-state index is 0.154. The Kier molecular flexibility index (Phi) is 2.90. The van der Waals surface area contributed by atoms with Crippen LogP contribution in [0.15, 0.2) is 17.5 Å². The second kappa shape index (κ2) is 3.82. The van der Waals surface area contributed by atoms with E-state index in [0.717, 1.165) is 14.5 Å². The predicted octanol–water partition coefficient (Wildman–Crippen LogP) is 4.54. The van der Waals surface area contributed by atoms with Gasteiger partial charge < -0.3 is 0 Å². The summed E-state index contributed by atoms with van der Waals surface area (Å²) in [5.74, 6) is -0.154. The maximum absolute atomic E-state index is 13.1. The fourth-order valence-electron chi connectivity index (χ4n) is 1.24. The summed E-state index contributed by atoms with van der Waals surface area (Å²) in [5.41, 5.74) is 1.03. The van der Waals surface area contributed by atoms with Crippen molar-refractivity contribution in [2.45, 2.75) is 5.33 Å². The van der Waals surface area contributed by atoms with Crippen molar-refractivity contribution in [2.75, 3.05) is 0 Å². The molecule has 0 aliphatic heterocycles. The highest BCUT2D eigenvalue weighted by molar-refractivity contribution is 14.1. The largest absolute Gasteiger partial charge is 0.207 e. The van der Waals surface area contributed by atoms with Gasteiger partial charge >= 0.3 is 0 Å². The van der Waals surface area contributed by atoms with Crippen LogP contribution in [0.3, 0.4) is 0 Å². The molecule has 0 bridgehead atoms. The van der Waals surface area contributed by atoms with E-state index in [-0.39, 0.29) is 5.82 Å². The van der Waals surface area contributed by atoms with E-state index in [1.54, 1.807) is 23.5 Å². The number of thiophene rings is 1. The first-order chi connectivity index (χ1) is 6.22. The van der Waals surface area contributed by atoms with E-state index in [1.807, 2.05) is 0 Å². The van der Waals surface area contributed by atoms with Crippen LogP contribution in [0.2, 0.25) is 0 Å². The molecule has 0 saturated carbocycles. The van der Waals surface area contributed by atoms with Crippen molar-refractivity contribution in [3.8, 4) is 0 Å². The summed E-state index contributed by atoms with van der Waals surface area (Å²) in [6.07, 6.45) is 0. The first-order valence-corrected chi connectivity index (χ1v) is 6.71. The quantitative estimate of drug-likeness (QED) is 0.510. The molecule has 68 valence electrons. The average molecular weight is 371 g/mol. The van der Waals surface area contributed by atoms with Crippen LogP contribution in [0.4, 0.5) is 4.39 Å². The average Bonchev–Trinajstić information content (AvgIpc) is 2.47. The van der Waals surface area contributed by atoms with Gasteiger partial charge in [0.15, 0.2) is 0 Å². The van der Waals surface area contributed by atoms with Gasteiger partial charge in [0.2, 0.25) is 0 Å². The standard InChI is InChI=1S/C9H5BrFIS/c10-3-5-1-6(11)2-7-8(12)4-13-9(5)7/h1-2,4H,3H2. The SMILES string of the molecule is Fc1cc(CBr)c2scc(I)c2c1. The van der Waals surface area contributed by atoms with E-state index < -0.39 is 0 Å². The van der Waals surface area contributed by atoms with Gasteiger partial charge in [-0.15, -0.1) is 11.3 Å². The molecule has 2 rings (SSSR count). The van der Waals surface area contributed by atoms with E-state index in [4.69, 9.17) is 0 Å². The molecule has 13 heavy (non-hydrogen) atoms. The van der Waals surface area contributed by atoms with Crippen LogP contribution in [0, 0.1) is 9.39 Å². The van der Waals surface area contributed by atoms with Crippen molar-refractivity contribution < 1.29 is 4.39 Å². The monoisotopic (exact) mass is 370 g/mol. The molecule has 0 saturated heterocycles. The zero-order valence-electron chi connectivity index (χ0n) is 6.48. The predicted molar refractivity (Wildman–Crippen MR) is 67.1 cm³/mol. The van der Waals surface area contributed by atoms with E-state index >= 15 is 0 Å². The molecule has 0 atom stereocenters.